The molecule has 2 aromatic carbocycles. The van der Waals surface area contributed by atoms with Gasteiger partial charge in [-0.3, -0.25) is 4.79 Å². The van der Waals surface area contributed by atoms with E-state index in [0.29, 0.717) is 35.8 Å². The fourth-order valence-electron chi connectivity index (χ4n) is 4.48. The van der Waals surface area contributed by atoms with E-state index < -0.39 is 6.10 Å². The van der Waals surface area contributed by atoms with Crippen LogP contribution in [0.15, 0.2) is 42.5 Å². The van der Waals surface area contributed by atoms with Crippen molar-refractivity contribution in [2.45, 2.75) is 50.4 Å². The zero-order valence-electron chi connectivity index (χ0n) is 19.4. The first-order valence-corrected chi connectivity index (χ1v) is 11.6. The number of carbonyl (C=O) groups excluding carboxylic acids is 2. The molecule has 9 heteroatoms. The Morgan fingerprint density at radius 3 is 2.56 bits per heavy atom. The Balaban J connectivity index is 1.43. The molecule has 0 radical (unpaired) electrons. The van der Waals surface area contributed by atoms with Gasteiger partial charge in [0.1, 0.15) is 23.7 Å². The van der Waals surface area contributed by atoms with Crippen LogP contribution in [0.25, 0.3) is 0 Å². The number of anilines is 2. The minimum absolute atomic E-state index is 0.0451. The van der Waals surface area contributed by atoms with Crippen LogP contribution in [0.4, 0.5) is 16.2 Å². The Morgan fingerprint density at radius 2 is 1.85 bits per heavy atom. The van der Waals surface area contributed by atoms with E-state index in [1.54, 1.807) is 37.4 Å². The van der Waals surface area contributed by atoms with Crippen molar-refractivity contribution in [3.63, 3.8) is 0 Å². The van der Waals surface area contributed by atoms with E-state index in [9.17, 15) is 14.7 Å². The van der Waals surface area contributed by atoms with Gasteiger partial charge >= 0.3 is 6.03 Å². The monoisotopic (exact) mass is 469 g/mol. The first-order valence-electron chi connectivity index (χ1n) is 11.6. The van der Waals surface area contributed by atoms with Gasteiger partial charge in [-0.15, -0.1) is 0 Å². The van der Waals surface area contributed by atoms with E-state index in [4.69, 9.17) is 14.2 Å². The van der Waals surface area contributed by atoms with E-state index in [2.05, 4.69) is 16.0 Å². The summed E-state index contributed by atoms with van der Waals surface area (Å²) < 4.78 is 17.2. The van der Waals surface area contributed by atoms with Crippen molar-refractivity contribution in [2.24, 2.45) is 0 Å². The standard InChI is InChI=1S/C25H31N3O6/c1-3-10-26-23(30)13-18-12-20-19-11-16(6-9-21(19)34-24(20)22(14-29)33-18)28-25(31)27-15-4-7-17(32-2)8-5-15/h4-9,11,18,20,22,24,29H,3,10,12-14H2,1-2H3,(H,26,30)(H2,27,28,31)/t18-,20-,22-,24+/m0/s1. The first-order chi connectivity index (χ1) is 16.5. The lowest BCUT2D eigenvalue weighted by Crippen LogP contribution is -2.47. The molecular weight excluding hydrogens is 438 g/mol. The van der Waals surface area contributed by atoms with Gasteiger partial charge in [-0.2, -0.15) is 0 Å². The predicted molar refractivity (Wildman–Crippen MR) is 128 cm³/mol. The lowest BCUT2D eigenvalue weighted by atomic mass is 9.84. The van der Waals surface area contributed by atoms with Crippen LogP contribution < -0.4 is 25.4 Å². The summed E-state index contributed by atoms with van der Waals surface area (Å²) in [5, 5.41) is 18.4. The number of ether oxygens (including phenoxy) is 3. The van der Waals surface area contributed by atoms with E-state index in [0.717, 1.165) is 12.0 Å². The topological polar surface area (TPSA) is 118 Å². The third-order valence-corrected chi connectivity index (χ3v) is 6.09. The molecule has 0 unspecified atom stereocenters. The average molecular weight is 470 g/mol. The average Bonchev–Trinajstić information content (AvgIpc) is 3.20. The van der Waals surface area contributed by atoms with Crippen LogP contribution in [0.3, 0.4) is 0 Å². The minimum Gasteiger partial charge on any atom is -0.497 e. The Hall–Kier alpha value is -3.30. The molecular formula is C25H31N3O6. The second-order valence-electron chi connectivity index (χ2n) is 8.52. The van der Waals surface area contributed by atoms with Gasteiger partial charge < -0.3 is 35.3 Å². The number of benzene rings is 2. The lowest BCUT2D eigenvalue weighted by Gasteiger charge is -2.37. The van der Waals surface area contributed by atoms with Crippen LogP contribution in [0.5, 0.6) is 11.5 Å². The maximum Gasteiger partial charge on any atom is 0.323 e. The molecule has 0 bridgehead atoms. The second-order valence-corrected chi connectivity index (χ2v) is 8.52. The van der Waals surface area contributed by atoms with Crippen molar-refractivity contribution in [2.75, 3.05) is 30.9 Å². The Bertz CT molecular complexity index is 1010. The first kappa shape index (κ1) is 23.8. The number of nitrogens with one attached hydrogen (secondary N) is 3. The molecule has 182 valence electrons. The van der Waals surface area contributed by atoms with Crippen LogP contribution in [-0.4, -0.2) is 55.6 Å². The Labute approximate surface area is 198 Å². The van der Waals surface area contributed by atoms with Gasteiger partial charge in [-0.1, -0.05) is 6.92 Å². The number of rotatable bonds is 8. The normalized spacial score (nSPS) is 22.7. The quantitative estimate of drug-likeness (QED) is 0.471. The molecule has 0 spiro atoms. The highest BCUT2D eigenvalue weighted by Crippen LogP contribution is 2.47. The van der Waals surface area contributed by atoms with Gasteiger partial charge in [0.15, 0.2) is 0 Å². The fraction of sp³-hybridized carbons (Fsp3) is 0.440. The Kier molecular flexibility index (Phi) is 7.54. The number of hydrogen-bond acceptors (Lipinski definition) is 6. The third kappa shape index (κ3) is 5.43. The van der Waals surface area contributed by atoms with Gasteiger partial charge in [0, 0.05) is 29.4 Å². The second kappa shape index (κ2) is 10.8. The number of carbonyl (C=O) groups is 2. The van der Waals surface area contributed by atoms with Gasteiger partial charge in [-0.05, 0) is 55.3 Å². The maximum absolute atomic E-state index is 12.5. The molecule has 4 rings (SSSR count). The number of aliphatic hydroxyl groups is 1. The number of aliphatic hydroxyl groups excluding tert-OH is 1. The highest BCUT2D eigenvalue weighted by molar-refractivity contribution is 5.99. The van der Waals surface area contributed by atoms with E-state index in [-0.39, 0.29) is 43.1 Å². The van der Waals surface area contributed by atoms with Gasteiger partial charge in [-0.25, -0.2) is 4.79 Å². The zero-order chi connectivity index (χ0) is 24.1. The fourth-order valence-corrected chi connectivity index (χ4v) is 4.48. The molecule has 9 nitrogen and oxygen atoms in total. The number of urea groups is 1. The van der Waals surface area contributed by atoms with Crippen LogP contribution in [0.2, 0.25) is 0 Å². The van der Waals surface area contributed by atoms with Crippen molar-refractivity contribution in [1.29, 1.82) is 0 Å². The summed E-state index contributed by atoms with van der Waals surface area (Å²) >= 11 is 0. The molecule has 1 saturated heterocycles. The molecule has 2 aliphatic heterocycles. The maximum atomic E-state index is 12.5. The third-order valence-electron chi connectivity index (χ3n) is 6.09. The molecule has 4 N–H and O–H groups in total. The van der Waals surface area contributed by atoms with Crippen LogP contribution >= 0.6 is 0 Å². The Morgan fingerprint density at radius 1 is 1.12 bits per heavy atom. The molecule has 0 aliphatic carbocycles. The van der Waals surface area contributed by atoms with Crippen LogP contribution in [0, 0.1) is 0 Å². The summed E-state index contributed by atoms with van der Waals surface area (Å²) in [6.07, 6.45) is 0.513. The summed E-state index contributed by atoms with van der Waals surface area (Å²) in [7, 11) is 1.59. The highest BCUT2D eigenvalue weighted by atomic mass is 16.6. The summed E-state index contributed by atoms with van der Waals surface area (Å²) in [5.74, 6) is 1.30. The SMILES string of the molecule is CCCNC(=O)C[C@@H]1C[C@H]2c3cc(NC(=O)Nc4ccc(OC)cc4)ccc3O[C@H]2[C@H](CO)O1. The van der Waals surface area contributed by atoms with Gasteiger partial charge in [0.2, 0.25) is 5.91 Å². The molecule has 34 heavy (non-hydrogen) atoms. The largest absolute Gasteiger partial charge is 0.497 e. The van der Waals surface area contributed by atoms with Crippen LogP contribution in [0.1, 0.15) is 37.7 Å². The van der Waals surface area contributed by atoms with E-state index in [1.165, 1.54) is 0 Å². The molecule has 2 aromatic rings. The molecule has 1 fully saturated rings. The van der Waals surface area contributed by atoms with Gasteiger partial charge in [0.25, 0.3) is 0 Å². The van der Waals surface area contributed by atoms with Crippen molar-refractivity contribution in [3.8, 4) is 11.5 Å². The molecule has 4 atom stereocenters. The molecule has 3 amide bonds. The van der Waals surface area contributed by atoms with E-state index >= 15 is 0 Å². The lowest BCUT2D eigenvalue weighted by molar-refractivity contribution is -0.142. The minimum atomic E-state index is -0.523. The molecule has 2 heterocycles. The smallest absolute Gasteiger partial charge is 0.323 e. The number of hydrogen-bond donors (Lipinski definition) is 4. The summed E-state index contributed by atoms with van der Waals surface area (Å²) in [5.41, 5.74) is 2.20. The molecule has 0 aromatic heterocycles. The number of fused-ring (bicyclic) bond motifs is 3. The van der Waals surface area contributed by atoms with Crippen molar-refractivity contribution < 1.29 is 28.9 Å². The van der Waals surface area contributed by atoms with Crippen LogP contribution in [-0.2, 0) is 9.53 Å². The predicted octanol–water partition coefficient (Wildman–Crippen LogP) is 3.25. The summed E-state index contributed by atoms with van der Waals surface area (Å²) in [6, 6.07) is 12.2. The summed E-state index contributed by atoms with van der Waals surface area (Å²) in [4.78, 5) is 24.7. The molecule has 0 saturated carbocycles. The number of amides is 3. The highest BCUT2D eigenvalue weighted by Gasteiger charge is 2.46. The number of methoxy groups -OCH3 is 1. The van der Waals surface area contributed by atoms with Crippen molar-refractivity contribution in [1.82, 2.24) is 5.32 Å². The van der Waals surface area contributed by atoms with Crippen molar-refractivity contribution in [3.05, 3.63) is 48.0 Å². The van der Waals surface area contributed by atoms with Gasteiger partial charge in [0.05, 0.1) is 26.2 Å². The zero-order valence-corrected chi connectivity index (χ0v) is 19.4. The van der Waals surface area contributed by atoms with E-state index in [1.807, 2.05) is 19.1 Å². The molecule has 2 aliphatic rings. The summed E-state index contributed by atoms with van der Waals surface area (Å²) in [6.45, 7) is 2.43. The van der Waals surface area contributed by atoms with Crippen molar-refractivity contribution >= 4 is 23.3 Å².